The Morgan fingerprint density at radius 1 is 1.03 bits per heavy atom. The van der Waals surface area contributed by atoms with Gasteiger partial charge in [0.25, 0.3) is 0 Å². The van der Waals surface area contributed by atoms with Crippen LogP contribution in [0, 0.1) is 0 Å². The number of hydrogen-bond acceptors (Lipinski definition) is 4. The van der Waals surface area contributed by atoms with Gasteiger partial charge in [-0.25, -0.2) is 24.2 Å². The van der Waals surface area contributed by atoms with E-state index in [4.69, 9.17) is 5.73 Å². The summed E-state index contributed by atoms with van der Waals surface area (Å²) in [7, 11) is 0. The monoisotopic (exact) mass is 438 g/mol. The summed E-state index contributed by atoms with van der Waals surface area (Å²) in [6, 6.07) is 19.0. The van der Waals surface area contributed by atoms with Crippen LogP contribution in [0.3, 0.4) is 0 Å². The Labute approximate surface area is 184 Å². The van der Waals surface area contributed by atoms with E-state index in [0.29, 0.717) is 31.3 Å². The molecule has 2 aliphatic heterocycles. The van der Waals surface area contributed by atoms with Crippen molar-refractivity contribution in [3.05, 3.63) is 98.8 Å². The molecule has 2 aromatic carbocycles. The van der Waals surface area contributed by atoms with Gasteiger partial charge in [0.15, 0.2) is 0 Å². The van der Waals surface area contributed by atoms with Gasteiger partial charge in [0.1, 0.15) is 6.54 Å². The van der Waals surface area contributed by atoms with Crippen LogP contribution >= 0.6 is 0 Å². The second-order valence-electron chi connectivity index (χ2n) is 7.87. The Kier molecular flexibility index (Phi) is 5.10. The van der Waals surface area contributed by atoms with Gasteiger partial charge in [0.2, 0.25) is 5.66 Å². The van der Waals surface area contributed by atoms with Crippen LogP contribution in [0.2, 0.25) is 0 Å². The van der Waals surface area contributed by atoms with Crippen molar-refractivity contribution in [3.8, 4) is 5.69 Å². The maximum Gasteiger partial charge on any atom is 0.355 e. The van der Waals surface area contributed by atoms with Crippen molar-refractivity contribution in [2.75, 3.05) is 6.54 Å². The van der Waals surface area contributed by atoms with Gasteiger partial charge in [-0.2, -0.15) is 4.68 Å². The number of nitrogens with zero attached hydrogens (tertiary/aromatic N) is 4. The fraction of sp³-hybridized carbons (Fsp3) is 0.227. The lowest BCUT2D eigenvalue weighted by Crippen LogP contribution is -3.00. The molecular formula is C22H23ClN6O2. The van der Waals surface area contributed by atoms with Gasteiger partial charge >= 0.3 is 17.3 Å². The Bertz CT molecular complexity index is 1300. The van der Waals surface area contributed by atoms with Gasteiger partial charge in [-0.3, -0.25) is 10.3 Å². The maximum absolute atomic E-state index is 13.4. The summed E-state index contributed by atoms with van der Waals surface area (Å²) in [4.78, 5) is 26.6. The molecular weight excluding hydrogens is 416 g/mol. The minimum Gasteiger partial charge on any atom is -1.00 e. The van der Waals surface area contributed by atoms with Crippen molar-refractivity contribution < 1.29 is 17.0 Å². The van der Waals surface area contributed by atoms with Crippen LogP contribution < -0.4 is 34.8 Å². The van der Waals surface area contributed by atoms with Crippen molar-refractivity contribution in [1.29, 1.82) is 0 Å². The predicted octanol–water partition coefficient (Wildman–Crippen LogP) is -2.45. The molecule has 31 heavy (non-hydrogen) atoms. The van der Waals surface area contributed by atoms with Gasteiger partial charge in [-0.15, -0.1) is 0 Å². The van der Waals surface area contributed by atoms with Crippen molar-refractivity contribution in [3.63, 3.8) is 0 Å². The Hall–Kier alpha value is -3.52. The average Bonchev–Trinajstić information content (AvgIpc) is 3.16. The summed E-state index contributed by atoms with van der Waals surface area (Å²) in [6.07, 6.45) is 2.00. The van der Waals surface area contributed by atoms with E-state index in [0.717, 1.165) is 11.1 Å². The summed E-state index contributed by atoms with van der Waals surface area (Å²) in [5.74, 6) is 0.475. The zero-order valence-electron chi connectivity index (χ0n) is 17.0. The van der Waals surface area contributed by atoms with E-state index < -0.39 is 11.4 Å². The SMILES string of the molecule is CC1=C[C@]2(C[N+](Cc3ccccc3)=C(N)N2)n2c(=O)n(-c3ccccc3)c(=O)n2C1.[Cl-]. The number of para-hydroxylation sites is 1. The topological polar surface area (TPSA) is 90.0 Å². The van der Waals surface area contributed by atoms with E-state index in [1.54, 1.807) is 12.1 Å². The highest BCUT2D eigenvalue weighted by Crippen LogP contribution is 2.25. The molecule has 0 saturated carbocycles. The minimum atomic E-state index is -0.919. The van der Waals surface area contributed by atoms with E-state index in [1.807, 2.05) is 66.1 Å². The summed E-state index contributed by atoms with van der Waals surface area (Å²) >= 11 is 0. The first-order chi connectivity index (χ1) is 14.5. The second kappa shape index (κ2) is 7.63. The lowest BCUT2D eigenvalue weighted by molar-refractivity contribution is -0.544. The van der Waals surface area contributed by atoms with E-state index >= 15 is 0 Å². The Morgan fingerprint density at radius 2 is 1.68 bits per heavy atom. The van der Waals surface area contributed by atoms with Gasteiger partial charge in [-0.1, -0.05) is 48.5 Å². The third-order valence-corrected chi connectivity index (χ3v) is 5.64. The lowest BCUT2D eigenvalue weighted by atomic mass is 10.1. The van der Waals surface area contributed by atoms with Crippen LogP contribution in [0.5, 0.6) is 0 Å². The number of aromatic nitrogens is 3. The molecule has 0 bridgehead atoms. The summed E-state index contributed by atoms with van der Waals surface area (Å²) in [5.41, 5.74) is 7.31. The van der Waals surface area contributed by atoms with Crippen LogP contribution in [0.4, 0.5) is 0 Å². The molecule has 0 aliphatic carbocycles. The summed E-state index contributed by atoms with van der Waals surface area (Å²) < 4.78 is 6.21. The van der Waals surface area contributed by atoms with E-state index in [-0.39, 0.29) is 18.1 Å². The van der Waals surface area contributed by atoms with Crippen molar-refractivity contribution >= 4 is 5.96 Å². The normalized spacial score (nSPS) is 19.6. The van der Waals surface area contributed by atoms with Crippen molar-refractivity contribution in [2.24, 2.45) is 5.73 Å². The number of fused-ring (bicyclic) bond motifs is 2. The number of allylic oxidation sites excluding steroid dienone is 1. The molecule has 0 amide bonds. The number of benzene rings is 2. The van der Waals surface area contributed by atoms with Gasteiger partial charge in [0, 0.05) is 0 Å². The third kappa shape index (κ3) is 3.29. The third-order valence-electron chi connectivity index (χ3n) is 5.64. The fourth-order valence-corrected chi connectivity index (χ4v) is 4.42. The second-order valence-corrected chi connectivity index (χ2v) is 7.87. The molecule has 1 spiro atoms. The average molecular weight is 439 g/mol. The van der Waals surface area contributed by atoms with Crippen LogP contribution in [-0.2, 0) is 18.8 Å². The van der Waals surface area contributed by atoms with Crippen LogP contribution in [-0.4, -0.2) is 31.0 Å². The Balaban J connectivity index is 0.00000231. The highest BCUT2D eigenvalue weighted by molar-refractivity contribution is 5.75. The van der Waals surface area contributed by atoms with Gasteiger partial charge < -0.3 is 12.4 Å². The van der Waals surface area contributed by atoms with E-state index in [1.165, 1.54) is 13.9 Å². The maximum atomic E-state index is 13.4. The van der Waals surface area contributed by atoms with E-state index in [9.17, 15) is 9.59 Å². The first kappa shape index (κ1) is 20.7. The smallest absolute Gasteiger partial charge is 0.355 e. The largest absolute Gasteiger partial charge is 1.00 e. The van der Waals surface area contributed by atoms with Gasteiger partial charge in [0.05, 0.1) is 18.8 Å². The molecule has 0 saturated heterocycles. The number of halogens is 1. The molecule has 160 valence electrons. The van der Waals surface area contributed by atoms with Crippen molar-refractivity contribution in [2.45, 2.75) is 25.7 Å². The van der Waals surface area contributed by atoms with Crippen LogP contribution in [0.1, 0.15) is 12.5 Å². The fourth-order valence-electron chi connectivity index (χ4n) is 4.42. The summed E-state index contributed by atoms with van der Waals surface area (Å²) in [6.45, 7) is 3.35. The first-order valence-corrected chi connectivity index (χ1v) is 9.87. The molecule has 8 nitrogen and oxygen atoms in total. The number of nitrogens with two attached hydrogens (primary N) is 1. The first-order valence-electron chi connectivity index (χ1n) is 9.87. The molecule has 3 N–H and O–H groups in total. The molecule has 1 atom stereocenters. The molecule has 3 aromatic rings. The molecule has 1 aromatic heterocycles. The zero-order chi connectivity index (χ0) is 20.9. The molecule has 9 heteroatoms. The molecule has 3 heterocycles. The zero-order valence-corrected chi connectivity index (χ0v) is 17.8. The van der Waals surface area contributed by atoms with Crippen molar-refractivity contribution in [1.82, 2.24) is 19.2 Å². The van der Waals surface area contributed by atoms with E-state index in [2.05, 4.69) is 5.32 Å². The molecule has 2 aliphatic rings. The minimum absolute atomic E-state index is 0. The van der Waals surface area contributed by atoms with Crippen LogP contribution in [0.25, 0.3) is 5.69 Å². The Morgan fingerprint density at radius 3 is 2.35 bits per heavy atom. The predicted molar refractivity (Wildman–Crippen MR) is 114 cm³/mol. The highest BCUT2D eigenvalue weighted by Gasteiger charge is 2.48. The number of rotatable bonds is 3. The molecule has 5 rings (SSSR count). The number of guanidine groups is 1. The molecule has 0 fully saturated rings. The molecule has 0 unspecified atom stereocenters. The number of hydrogen-bond donors (Lipinski definition) is 2. The number of nitrogens with one attached hydrogen (secondary N) is 1. The highest BCUT2D eigenvalue weighted by atomic mass is 35.5. The lowest BCUT2D eigenvalue weighted by Gasteiger charge is -2.30. The standard InChI is InChI=1S/C22H22N6O2.ClH/c1-16-12-22(15-25(19(23)24-22)14-17-8-4-2-5-9-17)28-21(30)27(20(29)26(28)13-16)18-10-6-3-7-11-18;/h2-12H,13-15H2,1H3,(H2,23,24);1H/t22-;/m1./s1. The quantitative estimate of drug-likeness (QED) is 0.351. The van der Waals surface area contributed by atoms with Crippen LogP contribution in [0.15, 0.2) is 81.9 Å². The van der Waals surface area contributed by atoms with Gasteiger partial charge in [-0.05, 0) is 36.3 Å². The summed E-state index contributed by atoms with van der Waals surface area (Å²) in [5, 5.41) is 3.29. The molecule has 0 radical (unpaired) electrons.